The summed E-state index contributed by atoms with van der Waals surface area (Å²) in [6, 6.07) is 14.4. The highest BCUT2D eigenvalue weighted by Gasteiger charge is 2.49. The van der Waals surface area contributed by atoms with Crippen LogP contribution >= 0.6 is 12.2 Å². The predicted molar refractivity (Wildman–Crippen MR) is 127 cm³/mol. The van der Waals surface area contributed by atoms with Crippen LogP contribution in [0.2, 0.25) is 0 Å². The molecule has 0 aromatic heterocycles. The lowest BCUT2D eigenvalue weighted by molar-refractivity contribution is 0.00277. The molecule has 4 atom stereocenters. The Labute approximate surface area is 193 Å². The molecule has 2 aliphatic heterocycles. The lowest BCUT2D eigenvalue weighted by Gasteiger charge is -2.24. The van der Waals surface area contributed by atoms with Crippen LogP contribution in [0, 0.1) is 0 Å². The average Bonchev–Trinajstić information content (AvgIpc) is 3.38. The maximum Gasteiger partial charge on any atom is 0.407 e. The van der Waals surface area contributed by atoms with Gasteiger partial charge in [0.15, 0.2) is 11.2 Å². The van der Waals surface area contributed by atoms with E-state index < -0.39 is 6.10 Å². The topological polar surface area (TPSA) is 80.9 Å². The molecule has 2 aromatic rings. The van der Waals surface area contributed by atoms with Crippen molar-refractivity contribution in [2.24, 2.45) is 0 Å². The number of anilines is 1. The summed E-state index contributed by atoms with van der Waals surface area (Å²) in [4.78, 5) is 12.3. The van der Waals surface area contributed by atoms with Gasteiger partial charge < -0.3 is 30.2 Å². The highest BCUT2D eigenvalue weighted by Crippen LogP contribution is 2.30. The lowest BCUT2D eigenvalue weighted by atomic mass is 9.96. The van der Waals surface area contributed by atoms with Crippen LogP contribution in [0.3, 0.4) is 0 Å². The van der Waals surface area contributed by atoms with E-state index in [1.807, 2.05) is 24.3 Å². The van der Waals surface area contributed by atoms with Gasteiger partial charge in [0.1, 0.15) is 12.2 Å². The van der Waals surface area contributed by atoms with Gasteiger partial charge in [0.2, 0.25) is 0 Å². The van der Waals surface area contributed by atoms with E-state index in [0.717, 1.165) is 42.1 Å². The second kappa shape index (κ2) is 9.60. The quantitative estimate of drug-likeness (QED) is 0.606. The van der Waals surface area contributed by atoms with E-state index in [0.29, 0.717) is 18.3 Å². The van der Waals surface area contributed by atoms with Crippen molar-refractivity contribution in [3.8, 4) is 0 Å². The number of thiocarbonyl (C=S) groups is 1. The lowest BCUT2D eigenvalue weighted by Crippen LogP contribution is -2.46. The van der Waals surface area contributed by atoms with E-state index in [1.54, 1.807) is 0 Å². The van der Waals surface area contributed by atoms with Crippen molar-refractivity contribution in [2.45, 2.75) is 62.5 Å². The van der Waals surface area contributed by atoms with Crippen molar-refractivity contribution >= 4 is 39.9 Å². The molecule has 0 unspecified atom stereocenters. The summed E-state index contributed by atoms with van der Waals surface area (Å²) in [6.07, 6.45) is 4.32. The van der Waals surface area contributed by atoms with Crippen LogP contribution in [0.25, 0.3) is 10.8 Å². The Morgan fingerprint density at radius 1 is 0.938 bits per heavy atom. The van der Waals surface area contributed by atoms with Crippen LogP contribution in [0.15, 0.2) is 42.5 Å². The number of fused-ring (bicyclic) bond motifs is 2. The molecule has 0 spiro atoms. The second-order valence-corrected chi connectivity index (χ2v) is 9.16. The standard InChI is InChI=1S/C24H29N3O4S/c28-24(25-16-9-2-1-3-10-16)31-20-14-30-21-19(13-29-22(20)21)27-23(32)26-18-12-6-8-15-7-4-5-11-17(15)18/h4-8,11-12,16,19-22H,1-3,9-10,13-14H2,(H,25,28)(H2,26,27,32)/t19-,20-,21-,22+/m1/s1. The van der Waals surface area contributed by atoms with Crippen molar-refractivity contribution in [3.63, 3.8) is 0 Å². The number of ether oxygens (including phenoxy) is 3. The van der Waals surface area contributed by atoms with Crippen molar-refractivity contribution in [1.29, 1.82) is 0 Å². The molecule has 2 saturated heterocycles. The Balaban J connectivity index is 1.14. The number of hydrogen-bond donors (Lipinski definition) is 3. The molecule has 32 heavy (non-hydrogen) atoms. The van der Waals surface area contributed by atoms with Gasteiger partial charge in [-0.2, -0.15) is 0 Å². The van der Waals surface area contributed by atoms with Crippen LogP contribution in [-0.4, -0.2) is 54.8 Å². The van der Waals surface area contributed by atoms with Crippen LogP contribution < -0.4 is 16.0 Å². The molecule has 2 aromatic carbocycles. The van der Waals surface area contributed by atoms with Gasteiger partial charge in [-0.05, 0) is 36.5 Å². The minimum atomic E-state index is -0.407. The zero-order valence-corrected chi connectivity index (χ0v) is 18.7. The summed E-state index contributed by atoms with van der Waals surface area (Å²) >= 11 is 5.56. The Morgan fingerprint density at radius 3 is 2.59 bits per heavy atom. The molecule has 170 valence electrons. The second-order valence-electron chi connectivity index (χ2n) is 8.75. The first kappa shape index (κ1) is 21.4. The Hall–Kier alpha value is -2.42. The van der Waals surface area contributed by atoms with Gasteiger partial charge in [0.25, 0.3) is 0 Å². The average molecular weight is 456 g/mol. The molecule has 5 rings (SSSR count). The van der Waals surface area contributed by atoms with Gasteiger partial charge >= 0.3 is 6.09 Å². The monoisotopic (exact) mass is 455 g/mol. The third-order valence-corrected chi connectivity index (χ3v) is 6.77. The van der Waals surface area contributed by atoms with Gasteiger partial charge in [-0.25, -0.2) is 4.79 Å². The first-order valence-corrected chi connectivity index (χ1v) is 11.8. The summed E-state index contributed by atoms with van der Waals surface area (Å²) in [6.45, 7) is 0.770. The number of benzene rings is 2. The molecule has 8 heteroatoms. The van der Waals surface area contributed by atoms with Gasteiger partial charge in [-0.15, -0.1) is 0 Å². The molecule has 3 N–H and O–H groups in total. The molecule has 7 nitrogen and oxygen atoms in total. The fourth-order valence-electron chi connectivity index (χ4n) is 4.94. The molecule has 0 bridgehead atoms. The third-order valence-electron chi connectivity index (χ3n) is 6.55. The van der Waals surface area contributed by atoms with E-state index in [9.17, 15) is 4.79 Å². The molecule has 3 aliphatic rings. The molecule has 3 fully saturated rings. The number of alkyl carbamates (subject to hydrolysis) is 1. The van der Waals surface area contributed by atoms with E-state index in [4.69, 9.17) is 26.4 Å². The zero-order chi connectivity index (χ0) is 21.9. The van der Waals surface area contributed by atoms with Crippen LogP contribution in [0.5, 0.6) is 0 Å². The van der Waals surface area contributed by atoms with Crippen molar-refractivity contribution in [1.82, 2.24) is 10.6 Å². The van der Waals surface area contributed by atoms with E-state index in [1.165, 1.54) is 6.42 Å². The number of amides is 1. The molecule has 1 aliphatic carbocycles. The maximum atomic E-state index is 12.3. The highest BCUT2D eigenvalue weighted by atomic mass is 32.1. The van der Waals surface area contributed by atoms with Crippen LogP contribution in [0.4, 0.5) is 10.5 Å². The largest absolute Gasteiger partial charge is 0.441 e. The third kappa shape index (κ3) is 4.67. The number of rotatable bonds is 4. The summed E-state index contributed by atoms with van der Waals surface area (Å²) < 4.78 is 17.5. The summed E-state index contributed by atoms with van der Waals surface area (Å²) in [5.74, 6) is 0. The normalized spacial score (nSPS) is 27.6. The Bertz CT molecular complexity index is 975. The highest BCUT2D eigenvalue weighted by molar-refractivity contribution is 7.80. The summed E-state index contributed by atoms with van der Waals surface area (Å²) in [5.41, 5.74) is 0.948. The Kier molecular flexibility index (Phi) is 6.43. The molecular formula is C24H29N3O4S. The van der Waals surface area contributed by atoms with E-state index >= 15 is 0 Å². The molecule has 1 amide bonds. The van der Waals surface area contributed by atoms with Gasteiger partial charge in [0.05, 0.1) is 19.3 Å². The Morgan fingerprint density at radius 2 is 1.72 bits per heavy atom. The molecular weight excluding hydrogens is 426 g/mol. The summed E-state index contributed by atoms with van der Waals surface area (Å²) in [5, 5.41) is 12.4. The smallest absolute Gasteiger partial charge is 0.407 e. The SMILES string of the molecule is O=C(NC1CCCCC1)O[C@@H]1CO[C@H]2[C@H]1OC[C@H]2NC(=S)Nc1cccc2ccccc12. The number of carbonyl (C=O) groups excluding carboxylic acids is 1. The molecule has 1 saturated carbocycles. The van der Waals surface area contributed by atoms with Gasteiger partial charge in [-0.3, -0.25) is 0 Å². The van der Waals surface area contributed by atoms with Gasteiger partial charge in [-0.1, -0.05) is 55.7 Å². The fourth-order valence-corrected chi connectivity index (χ4v) is 5.20. The first-order valence-electron chi connectivity index (χ1n) is 11.4. The minimum Gasteiger partial charge on any atom is -0.441 e. The fraction of sp³-hybridized carbons (Fsp3) is 0.500. The van der Waals surface area contributed by atoms with Crippen molar-refractivity contribution in [2.75, 3.05) is 18.5 Å². The number of nitrogens with one attached hydrogen (secondary N) is 3. The first-order chi connectivity index (χ1) is 15.7. The van der Waals surface area contributed by atoms with Crippen molar-refractivity contribution < 1.29 is 19.0 Å². The van der Waals surface area contributed by atoms with Crippen LogP contribution in [0.1, 0.15) is 32.1 Å². The maximum absolute atomic E-state index is 12.3. The van der Waals surface area contributed by atoms with E-state index in [2.05, 4.69) is 34.1 Å². The number of hydrogen-bond acceptors (Lipinski definition) is 5. The minimum absolute atomic E-state index is 0.106. The summed E-state index contributed by atoms with van der Waals surface area (Å²) in [7, 11) is 0. The predicted octanol–water partition coefficient (Wildman–Crippen LogP) is 3.72. The van der Waals surface area contributed by atoms with Crippen molar-refractivity contribution in [3.05, 3.63) is 42.5 Å². The van der Waals surface area contributed by atoms with Crippen LogP contribution in [-0.2, 0) is 14.2 Å². The zero-order valence-electron chi connectivity index (χ0n) is 17.9. The molecule has 2 heterocycles. The molecule has 0 radical (unpaired) electrons. The van der Waals surface area contributed by atoms with E-state index in [-0.39, 0.29) is 30.4 Å². The van der Waals surface area contributed by atoms with Gasteiger partial charge in [0, 0.05) is 17.1 Å². The number of carbonyl (C=O) groups is 1.